The van der Waals surface area contributed by atoms with Crippen molar-refractivity contribution in [2.75, 3.05) is 20.1 Å². The molecule has 0 aliphatic heterocycles. The van der Waals surface area contributed by atoms with E-state index in [0.29, 0.717) is 6.54 Å². The van der Waals surface area contributed by atoms with Gasteiger partial charge in [-0.25, -0.2) is 4.79 Å². The van der Waals surface area contributed by atoms with Gasteiger partial charge in [0.2, 0.25) is 0 Å². The van der Waals surface area contributed by atoms with Gasteiger partial charge in [0.15, 0.2) is 0 Å². The molecular formula is C14H28N2O2. The minimum atomic E-state index is -0.478. The molecule has 0 heterocycles. The number of carbonyl (C=O) groups excluding carboxylic acids is 1. The SMILES string of the molecule is CC(O)CN(C)C(=O)NCC1(C)CCCCCC1. The van der Waals surface area contributed by atoms with Crippen molar-refractivity contribution < 1.29 is 9.90 Å². The first-order valence-corrected chi connectivity index (χ1v) is 7.10. The number of nitrogens with one attached hydrogen (secondary N) is 1. The van der Waals surface area contributed by atoms with E-state index in [4.69, 9.17) is 0 Å². The molecule has 2 N–H and O–H groups in total. The molecule has 2 amide bonds. The number of aliphatic hydroxyl groups excluding tert-OH is 1. The third-order valence-electron chi connectivity index (χ3n) is 3.86. The molecule has 106 valence electrons. The van der Waals surface area contributed by atoms with Crippen LogP contribution in [0, 0.1) is 5.41 Å². The molecule has 4 heteroatoms. The molecule has 1 saturated carbocycles. The first-order valence-electron chi connectivity index (χ1n) is 7.10. The number of nitrogens with zero attached hydrogens (tertiary/aromatic N) is 1. The van der Waals surface area contributed by atoms with E-state index in [1.165, 1.54) is 38.5 Å². The van der Waals surface area contributed by atoms with Crippen LogP contribution in [0.5, 0.6) is 0 Å². The van der Waals surface area contributed by atoms with Gasteiger partial charge in [-0.1, -0.05) is 32.6 Å². The Hall–Kier alpha value is -0.770. The first-order chi connectivity index (χ1) is 8.43. The summed E-state index contributed by atoms with van der Waals surface area (Å²) < 4.78 is 0. The van der Waals surface area contributed by atoms with E-state index < -0.39 is 6.10 Å². The van der Waals surface area contributed by atoms with Gasteiger partial charge in [-0.05, 0) is 25.2 Å². The van der Waals surface area contributed by atoms with Gasteiger partial charge in [0.05, 0.1) is 6.10 Å². The lowest BCUT2D eigenvalue weighted by molar-refractivity contribution is 0.141. The Kier molecular flexibility index (Phi) is 5.93. The Bertz CT molecular complexity index is 259. The van der Waals surface area contributed by atoms with E-state index in [9.17, 15) is 9.90 Å². The minimum Gasteiger partial charge on any atom is -0.392 e. The highest BCUT2D eigenvalue weighted by molar-refractivity contribution is 5.73. The van der Waals surface area contributed by atoms with Crippen LogP contribution in [0.2, 0.25) is 0 Å². The van der Waals surface area contributed by atoms with E-state index in [0.717, 1.165) is 6.54 Å². The van der Waals surface area contributed by atoms with Gasteiger partial charge in [-0.3, -0.25) is 0 Å². The normalized spacial score (nSPS) is 20.9. The van der Waals surface area contributed by atoms with Crippen LogP contribution < -0.4 is 5.32 Å². The molecule has 4 nitrogen and oxygen atoms in total. The largest absolute Gasteiger partial charge is 0.392 e. The highest BCUT2D eigenvalue weighted by atomic mass is 16.3. The Balaban J connectivity index is 2.36. The van der Waals surface area contributed by atoms with Gasteiger partial charge in [0.1, 0.15) is 0 Å². The highest BCUT2D eigenvalue weighted by Gasteiger charge is 2.26. The van der Waals surface area contributed by atoms with Crippen LogP contribution in [0.3, 0.4) is 0 Å². The first kappa shape index (κ1) is 15.3. The lowest BCUT2D eigenvalue weighted by Gasteiger charge is -2.29. The third-order valence-corrected chi connectivity index (χ3v) is 3.86. The summed E-state index contributed by atoms with van der Waals surface area (Å²) in [4.78, 5) is 13.4. The zero-order valence-electron chi connectivity index (χ0n) is 12.0. The summed E-state index contributed by atoms with van der Waals surface area (Å²) in [5.74, 6) is 0. The molecule has 0 saturated heterocycles. The van der Waals surface area contributed by atoms with Gasteiger partial charge < -0.3 is 15.3 Å². The average Bonchev–Trinajstić information content (AvgIpc) is 2.51. The van der Waals surface area contributed by atoms with Gasteiger partial charge in [0, 0.05) is 20.1 Å². The van der Waals surface area contributed by atoms with Crippen LogP contribution in [-0.4, -0.2) is 42.3 Å². The lowest BCUT2D eigenvalue weighted by Crippen LogP contribution is -2.44. The van der Waals surface area contributed by atoms with Crippen LogP contribution in [0.4, 0.5) is 4.79 Å². The zero-order chi connectivity index (χ0) is 13.6. The number of carbonyl (C=O) groups is 1. The van der Waals surface area contributed by atoms with E-state index in [1.807, 2.05) is 0 Å². The van der Waals surface area contributed by atoms with Crippen LogP contribution >= 0.6 is 0 Å². The molecule has 1 atom stereocenters. The summed E-state index contributed by atoms with van der Waals surface area (Å²) in [6.45, 7) is 5.09. The van der Waals surface area contributed by atoms with Crippen molar-refractivity contribution in [3.8, 4) is 0 Å². The fraction of sp³-hybridized carbons (Fsp3) is 0.929. The van der Waals surface area contributed by atoms with E-state index in [-0.39, 0.29) is 11.4 Å². The Morgan fingerprint density at radius 3 is 2.39 bits per heavy atom. The maximum atomic E-state index is 11.9. The average molecular weight is 256 g/mol. The van der Waals surface area contributed by atoms with E-state index >= 15 is 0 Å². The van der Waals surface area contributed by atoms with E-state index in [2.05, 4.69) is 12.2 Å². The Labute approximate surface area is 111 Å². The third kappa shape index (κ3) is 5.25. The van der Waals surface area contributed by atoms with E-state index in [1.54, 1.807) is 18.9 Å². The molecule has 0 aromatic rings. The van der Waals surface area contributed by atoms with Crippen molar-refractivity contribution in [1.82, 2.24) is 10.2 Å². The van der Waals surface area contributed by atoms with Crippen LogP contribution in [-0.2, 0) is 0 Å². The van der Waals surface area contributed by atoms with Crippen molar-refractivity contribution in [2.24, 2.45) is 5.41 Å². The summed E-state index contributed by atoms with van der Waals surface area (Å²) in [6.07, 6.45) is 7.12. The van der Waals surface area contributed by atoms with Crippen molar-refractivity contribution in [2.45, 2.75) is 58.5 Å². The lowest BCUT2D eigenvalue weighted by atomic mass is 9.82. The second-order valence-electron chi connectivity index (χ2n) is 6.11. The molecular weight excluding hydrogens is 228 g/mol. The molecule has 0 radical (unpaired) electrons. The van der Waals surface area contributed by atoms with Crippen molar-refractivity contribution in [1.29, 1.82) is 0 Å². The van der Waals surface area contributed by atoms with Crippen LogP contribution in [0.1, 0.15) is 52.4 Å². The Morgan fingerprint density at radius 2 is 1.89 bits per heavy atom. The number of rotatable bonds is 4. The zero-order valence-corrected chi connectivity index (χ0v) is 12.0. The second kappa shape index (κ2) is 6.98. The number of urea groups is 1. The Morgan fingerprint density at radius 1 is 1.33 bits per heavy atom. The molecule has 18 heavy (non-hydrogen) atoms. The maximum Gasteiger partial charge on any atom is 0.317 e. The fourth-order valence-corrected chi connectivity index (χ4v) is 2.66. The summed E-state index contributed by atoms with van der Waals surface area (Å²) in [6, 6.07) is -0.0821. The second-order valence-corrected chi connectivity index (χ2v) is 6.11. The summed E-state index contributed by atoms with van der Waals surface area (Å²) in [5, 5.41) is 12.3. The summed E-state index contributed by atoms with van der Waals surface area (Å²) in [7, 11) is 1.72. The molecule has 0 aromatic heterocycles. The van der Waals surface area contributed by atoms with Crippen molar-refractivity contribution >= 4 is 6.03 Å². The number of hydrogen-bond acceptors (Lipinski definition) is 2. The molecule has 0 spiro atoms. The quantitative estimate of drug-likeness (QED) is 0.759. The van der Waals surface area contributed by atoms with Crippen molar-refractivity contribution in [3.05, 3.63) is 0 Å². The predicted octanol–water partition coefficient (Wildman–Crippen LogP) is 2.37. The fourth-order valence-electron chi connectivity index (χ4n) is 2.66. The minimum absolute atomic E-state index is 0.0821. The smallest absolute Gasteiger partial charge is 0.317 e. The van der Waals surface area contributed by atoms with Gasteiger partial charge in [-0.15, -0.1) is 0 Å². The maximum absolute atomic E-state index is 11.9. The number of hydrogen-bond donors (Lipinski definition) is 2. The standard InChI is InChI=1S/C14H28N2O2/c1-12(17)10-16(3)13(18)15-11-14(2)8-6-4-5-7-9-14/h12,17H,4-11H2,1-3H3,(H,15,18). The highest BCUT2D eigenvalue weighted by Crippen LogP contribution is 2.33. The molecule has 1 unspecified atom stereocenters. The number of amides is 2. The predicted molar refractivity (Wildman–Crippen MR) is 73.5 cm³/mol. The van der Waals surface area contributed by atoms with Gasteiger partial charge in [-0.2, -0.15) is 0 Å². The van der Waals surface area contributed by atoms with Gasteiger partial charge >= 0.3 is 6.03 Å². The molecule has 1 rings (SSSR count). The van der Waals surface area contributed by atoms with Crippen LogP contribution in [0.25, 0.3) is 0 Å². The number of likely N-dealkylation sites (N-methyl/N-ethyl adjacent to an activating group) is 1. The number of aliphatic hydroxyl groups is 1. The molecule has 1 fully saturated rings. The van der Waals surface area contributed by atoms with Crippen LogP contribution in [0.15, 0.2) is 0 Å². The topological polar surface area (TPSA) is 52.6 Å². The molecule has 1 aliphatic carbocycles. The molecule has 0 bridgehead atoms. The van der Waals surface area contributed by atoms with Crippen molar-refractivity contribution in [3.63, 3.8) is 0 Å². The summed E-state index contributed by atoms with van der Waals surface area (Å²) in [5.41, 5.74) is 0.248. The summed E-state index contributed by atoms with van der Waals surface area (Å²) >= 11 is 0. The molecule has 1 aliphatic rings. The van der Waals surface area contributed by atoms with Gasteiger partial charge in [0.25, 0.3) is 0 Å². The monoisotopic (exact) mass is 256 g/mol. The molecule has 0 aromatic carbocycles.